The fourth-order valence-electron chi connectivity index (χ4n) is 3.07. The number of benzene rings is 1. The maximum atomic E-state index is 12.1. The van der Waals surface area contributed by atoms with Crippen LogP contribution in [-0.4, -0.2) is 37.0 Å². The summed E-state index contributed by atoms with van der Waals surface area (Å²) < 4.78 is 5.30. The van der Waals surface area contributed by atoms with Crippen molar-refractivity contribution in [2.75, 3.05) is 19.8 Å². The Morgan fingerprint density at radius 2 is 1.84 bits per heavy atom. The number of hydrogen-bond donors (Lipinski definition) is 3. The third kappa shape index (κ3) is 6.01. The Hall–Kier alpha value is -1.59. The number of hydrogen-bond acceptors (Lipinski definition) is 3. The van der Waals surface area contributed by atoms with Crippen LogP contribution in [0.4, 0.5) is 4.79 Å². The van der Waals surface area contributed by atoms with E-state index < -0.39 is 6.10 Å². The Morgan fingerprint density at radius 3 is 2.40 bits per heavy atom. The van der Waals surface area contributed by atoms with Crippen LogP contribution in [0.3, 0.4) is 0 Å². The van der Waals surface area contributed by atoms with E-state index in [-0.39, 0.29) is 30.0 Å². The van der Waals surface area contributed by atoms with Crippen molar-refractivity contribution in [1.29, 1.82) is 0 Å². The van der Waals surface area contributed by atoms with Crippen LogP contribution in [0.5, 0.6) is 0 Å². The fourth-order valence-corrected chi connectivity index (χ4v) is 3.07. The molecule has 1 saturated heterocycles. The number of amides is 2. The molecule has 0 spiro atoms. The van der Waals surface area contributed by atoms with E-state index in [4.69, 9.17) is 4.74 Å². The van der Waals surface area contributed by atoms with Crippen molar-refractivity contribution in [3.63, 3.8) is 0 Å². The zero-order valence-corrected chi connectivity index (χ0v) is 15.8. The van der Waals surface area contributed by atoms with Gasteiger partial charge < -0.3 is 20.5 Å². The van der Waals surface area contributed by atoms with Crippen LogP contribution in [-0.2, 0) is 10.2 Å². The zero-order valence-electron chi connectivity index (χ0n) is 15.8. The first-order valence-electron chi connectivity index (χ1n) is 9.18. The van der Waals surface area contributed by atoms with Gasteiger partial charge in [0.2, 0.25) is 0 Å². The highest BCUT2D eigenvalue weighted by Crippen LogP contribution is 2.24. The number of rotatable bonds is 5. The monoisotopic (exact) mass is 348 g/mol. The number of carbonyl (C=O) groups is 1. The molecule has 1 heterocycles. The van der Waals surface area contributed by atoms with Gasteiger partial charge in [0.15, 0.2) is 0 Å². The lowest BCUT2D eigenvalue weighted by molar-refractivity contribution is 0.00949. The predicted octanol–water partition coefficient (Wildman–Crippen LogP) is 3.13. The first kappa shape index (κ1) is 19.7. The molecule has 2 atom stereocenters. The largest absolute Gasteiger partial charge is 0.391 e. The molecule has 2 amide bonds. The lowest BCUT2D eigenvalue weighted by Crippen LogP contribution is -2.43. The van der Waals surface area contributed by atoms with Gasteiger partial charge in [-0.2, -0.15) is 0 Å². The maximum Gasteiger partial charge on any atom is 0.315 e. The third-order valence-electron chi connectivity index (χ3n) is 4.91. The summed E-state index contributed by atoms with van der Waals surface area (Å²) in [6.07, 6.45) is 1.18. The molecule has 1 aliphatic heterocycles. The fraction of sp³-hybridized carbons (Fsp3) is 0.650. The molecular formula is C20H32N2O3. The minimum Gasteiger partial charge on any atom is -0.391 e. The second-order valence-corrected chi connectivity index (χ2v) is 7.97. The Kier molecular flexibility index (Phi) is 6.85. The first-order valence-corrected chi connectivity index (χ1v) is 9.18. The van der Waals surface area contributed by atoms with Gasteiger partial charge in [-0.3, -0.25) is 0 Å². The minimum absolute atomic E-state index is 0.0887. The van der Waals surface area contributed by atoms with Gasteiger partial charge in [0.1, 0.15) is 0 Å². The molecule has 0 unspecified atom stereocenters. The Labute approximate surface area is 151 Å². The molecule has 5 nitrogen and oxygen atoms in total. The van der Waals surface area contributed by atoms with Crippen LogP contribution in [0, 0.1) is 5.92 Å². The summed E-state index contributed by atoms with van der Waals surface area (Å²) in [5, 5.41) is 15.9. The first-order chi connectivity index (χ1) is 11.8. The molecule has 0 aromatic heterocycles. The maximum absolute atomic E-state index is 12.1. The van der Waals surface area contributed by atoms with Gasteiger partial charge in [0.25, 0.3) is 0 Å². The van der Waals surface area contributed by atoms with E-state index >= 15 is 0 Å². The normalized spacial score (nSPS) is 18.4. The van der Waals surface area contributed by atoms with E-state index in [1.807, 2.05) is 6.92 Å². The molecule has 0 radical (unpaired) electrons. The molecule has 1 fully saturated rings. The second kappa shape index (κ2) is 8.68. The molecule has 2 rings (SSSR count). The SMILES string of the molecule is C[C@H](NC(=O)NC[C@@H](O)C1CCOCC1)c1ccc(C(C)(C)C)cc1. The molecular weight excluding hydrogens is 316 g/mol. The smallest absolute Gasteiger partial charge is 0.315 e. The van der Waals surface area contributed by atoms with Gasteiger partial charge in [-0.1, -0.05) is 45.0 Å². The predicted molar refractivity (Wildman–Crippen MR) is 99.6 cm³/mol. The number of carbonyl (C=O) groups excluding carboxylic acids is 1. The lowest BCUT2D eigenvalue weighted by Gasteiger charge is -2.27. The van der Waals surface area contributed by atoms with Crippen molar-refractivity contribution < 1.29 is 14.6 Å². The van der Waals surface area contributed by atoms with Crippen LogP contribution in [0.1, 0.15) is 57.7 Å². The number of aliphatic hydroxyl groups is 1. The molecule has 3 N–H and O–H groups in total. The molecule has 1 aromatic carbocycles. The van der Waals surface area contributed by atoms with Crippen molar-refractivity contribution in [3.8, 4) is 0 Å². The number of nitrogens with one attached hydrogen (secondary N) is 2. The highest BCUT2D eigenvalue weighted by Gasteiger charge is 2.22. The van der Waals surface area contributed by atoms with Gasteiger partial charge in [-0.15, -0.1) is 0 Å². The summed E-state index contributed by atoms with van der Waals surface area (Å²) in [5.74, 6) is 0.205. The van der Waals surface area contributed by atoms with E-state index in [1.165, 1.54) is 5.56 Å². The van der Waals surface area contributed by atoms with Crippen molar-refractivity contribution >= 4 is 6.03 Å². The lowest BCUT2D eigenvalue weighted by atomic mass is 9.86. The van der Waals surface area contributed by atoms with Crippen LogP contribution in [0.15, 0.2) is 24.3 Å². The molecule has 0 bridgehead atoms. The van der Waals surface area contributed by atoms with Crippen molar-refractivity contribution in [1.82, 2.24) is 10.6 Å². The van der Waals surface area contributed by atoms with E-state index in [9.17, 15) is 9.90 Å². The molecule has 0 saturated carbocycles. The van der Waals surface area contributed by atoms with Gasteiger partial charge in [-0.05, 0) is 42.2 Å². The summed E-state index contributed by atoms with van der Waals surface area (Å²) in [4.78, 5) is 12.1. The topological polar surface area (TPSA) is 70.6 Å². The van der Waals surface area contributed by atoms with E-state index in [0.717, 1.165) is 18.4 Å². The number of aliphatic hydroxyl groups excluding tert-OH is 1. The van der Waals surface area contributed by atoms with Crippen LogP contribution in [0.2, 0.25) is 0 Å². The molecule has 25 heavy (non-hydrogen) atoms. The van der Waals surface area contributed by atoms with Crippen LogP contribution in [0.25, 0.3) is 0 Å². The summed E-state index contributed by atoms with van der Waals surface area (Å²) in [6, 6.07) is 8.00. The van der Waals surface area contributed by atoms with Gasteiger partial charge in [0, 0.05) is 19.8 Å². The second-order valence-electron chi connectivity index (χ2n) is 7.97. The Bertz CT molecular complexity index is 545. The van der Waals surface area contributed by atoms with Gasteiger partial charge >= 0.3 is 6.03 Å². The highest BCUT2D eigenvalue weighted by molar-refractivity contribution is 5.74. The standard InChI is InChI=1S/C20H32N2O3/c1-14(15-5-7-17(8-6-15)20(2,3)4)22-19(24)21-13-18(23)16-9-11-25-12-10-16/h5-8,14,16,18,23H,9-13H2,1-4H3,(H2,21,22,24)/t14-,18+/m0/s1. The van der Waals surface area contributed by atoms with Crippen LogP contribution >= 0.6 is 0 Å². The molecule has 0 aliphatic carbocycles. The van der Waals surface area contributed by atoms with Crippen LogP contribution < -0.4 is 10.6 Å². The van der Waals surface area contributed by atoms with Gasteiger partial charge in [-0.25, -0.2) is 4.79 Å². The average Bonchev–Trinajstić information content (AvgIpc) is 2.59. The van der Waals surface area contributed by atoms with E-state index in [2.05, 4.69) is 55.7 Å². The Morgan fingerprint density at radius 1 is 1.24 bits per heavy atom. The van der Waals surface area contributed by atoms with Crippen molar-refractivity contribution in [3.05, 3.63) is 35.4 Å². The molecule has 5 heteroatoms. The summed E-state index contributed by atoms with van der Waals surface area (Å²) in [7, 11) is 0. The summed E-state index contributed by atoms with van der Waals surface area (Å²) >= 11 is 0. The van der Waals surface area contributed by atoms with Crippen molar-refractivity contribution in [2.45, 2.75) is 58.1 Å². The summed E-state index contributed by atoms with van der Waals surface area (Å²) in [6.45, 7) is 10.2. The zero-order chi connectivity index (χ0) is 18.4. The number of ether oxygens (including phenoxy) is 1. The third-order valence-corrected chi connectivity index (χ3v) is 4.91. The molecule has 1 aromatic rings. The molecule has 140 valence electrons. The van der Waals surface area contributed by atoms with Crippen molar-refractivity contribution in [2.24, 2.45) is 5.92 Å². The van der Waals surface area contributed by atoms with Gasteiger partial charge in [0.05, 0.1) is 12.1 Å². The number of urea groups is 1. The highest BCUT2D eigenvalue weighted by atomic mass is 16.5. The average molecular weight is 348 g/mol. The minimum atomic E-state index is -0.518. The van der Waals surface area contributed by atoms with E-state index in [0.29, 0.717) is 13.2 Å². The molecule has 1 aliphatic rings. The Balaban J connectivity index is 1.79. The quantitative estimate of drug-likeness (QED) is 0.765. The van der Waals surface area contributed by atoms with E-state index in [1.54, 1.807) is 0 Å². The summed E-state index contributed by atoms with van der Waals surface area (Å²) in [5.41, 5.74) is 2.45.